The number of nitrogens with one attached hydrogen (secondary N) is 2. The van der Waals surface area contributed by atoms with E-state index in [1.54, 1.807) is 6.08 Å². The van der Waals surface area contributed by atoms with Gasteiger partial charge in [0.15, 0.2) is 5.17 Å². The van der Waals surface area contributed by atoms with Crippen LogP contribution in [0.5, 0.6) is 0 Å². The second kappa shape index (κ2) is 4.78. The van der Waals surface area contributed by atoms with Gasteiger partial charge in [-0.2, -0.15) is 0 Å². The number of carbonyl (C=O) groups is 1. The molecule has 1 aromatic heterocycles. The standard InChI is InChI=1S/C14H10N2O2S/c15-14-16-13(17)12(19-14)8-10-6-7-11(18-10)9-4-2-1-3-5-9/h1-8H,(H2,15,16,17). The van der Waals surface area contributed by atoms with Crippen LogP contribution in [0, 0.1) is 5.41 Å². The van der Waals surface area contributed by atoms with Gasteiger partial charge in [0, 0.05) is 11.6 Å². The molecule has 0 spiro atoms. The van der Waals surface area contributed by atoms with Crippen LogP contribution >= 0.6 is 11.8 Å². The number of thioether (sulfide) groups is 1. The van der Waals surface area contributed by atoms with Crippen LogP contribution in [-0.2, 0) is 4.79 Å². The van der Waals surface area contributed by atoms with Crippen molar-refractivity contribution in [3.05, 3.63) is 53.1 Å². The summed E-state index contributed by atoms with van der Waals surface area (Å²) in [4.78, 5) is 12.0. The van der Waals surface area contributed by atoms with Gasteiger partial charge in [-0.25, -0.2) is 0 Å². The molecule has 3 rings (SSSR count). The van der Waals surface area contributed by atoms with Crippen LogP contribution < -0.4 is 5.32 Å². The van der Waals surface area contributed by atoms with Gasteiger partial charge in [-0.05, 0) is 23.9 Å². The molecular formula is C14H10N2O2S. The predicted molar refractivity (Wildman–Crippen MR) is 75.6 cm³/mol. The van der Waals surface area contributed by atoms with Gasteiger partial charge in [0.25, 0.3) is 5.91 Å². The van der Waals surface area contributed by atoms with Crippen LogP contribution in [0.2, 0.25) is 0 Å². The first kappa shape index (κ1) is 11.8. The Balaban J connectivity index is 1.89. The van der Waals surface area contributed by atoms with E-state index in [0.29, 0.717) is 10.7 Å². The quantitative estimate of drug-likeness (QED) is 0.824. The lowest BCUT2D eigenvalue weighted by Crippen LogP contribution is -2.18. The molecular weight excluding hydrogens is 260 g/mol. The van der Waals surface area contributed by atoms with Crippen molar-refractivity contribution in [2.75, 3.05) is 0 Å². The minimum absolute atomic E-state index is 0.145. The molecule has 5 heteroatoms. The lowest BCUT2D eigenvalue weighted by atomic mass is 10.2. The average molecular weight is 270 g/mol. The molecule has 0 bridgehead atoms. The van der Waals surface area contributed by atoms with Crippen LogP contribution in [0.1, 0.15) is 5.76 Å². The van der Waals surface area contributed by atoms with Crippen molar-refractivity contribution in [1.82, 2.24) is 5.32 Å². The number of carbonyl (C=O) groups excluding carboxylic acids is 1. The topological polar surface area (TPSA) is 66.1 Å². The Morgan fingerprint density at radius 3 is 2.63 bits per heavy atom. The zero-order chi connectivity index (χ0) is 13.2. The number of hydrogen-bond acceptors (Lipinski definition) is 4. The summed E-state index contributed by atoms with van der Waals surface area (Å²) in [7, 11) is 0. The normalized spacial score (nSPS) is 16.9. The van der Waals surface area contributed by atoms with Crippen molar-refractivity contribution in [3.8, 4) is 11.3 Å². The van der Waals surface area contributed by atoms with E-state index in [1.165, 1.54) is 0 Å². The first-order chi connectivity index (χ1) is 9.22. The van der Waals surface area contributed by atoms with Gasteiger partial charge in [-0.15, -0.1) is 0 Å². The van der Waals surface area contributed by atoms with E-state index in [1.807, 2.05) is 42.5 Å². The number of hydrogen-bond donors (Lipinski definition) is 2. The molecule has 0 unspecified atom stereocenters. The van der Waals surface area contributed by atoms with Crippen molar-refractivity contribution in [3.63, 3.8) is 0 Å². The largest absolute Gasteiger partial charge is 0.457 e. The summed E-state index contributed by atoms with van der Waals surface area (Å²) in [5, 5.41) is 9.94. The molecule has 94 valence electrons. The SMILES string of the molecule is N=C1NC(=O)C(=Cc2ccc(-c3ccccc3)o2)S1. The summed E-state index contributed by atoms with van der Waals surface area (Å²) in [5.74, 6) is 1.10. The predicted octanol–water partition coefficient (Wildman–Crippen LogP) is 3.09. The molecule has 1 aliphatic rings. The van der Waals surface area contributed by atoms with Crippen molar-refractivity contribution in [1.29, 1.82) is 5.41 Å². The zero-order valence-corrected chi connectivity index (χ0v) is 10.7. The molecule has 1 saturated heterocycles. The first-order valence-electron chi connectivity index (χ1n) is 5.67. The Bertz CT molecular complexity index is 674. The fourth-order valence-corrected chi connectivity index (χ4v) is 2.44. The van der Waals surface area contributed by atoms with Crippen LogP contribution in [0.4, 0.5) is 0 Å². The highest BCUT2D eigenvalue weighted by molar-refractivity contribution is 8.18. The number of benzene rings is 1. The molecule has 2 N–H and O–H groups in total. The molecule has 1 aromatic carbocycles. The zero-order valence-electron chi connectivity index (χ0n) is 9.84. The van der Waals surface area contributed by atoms with Crippen molar-refractivity contribution < 1.29 is 9.21 Å². The Hall–Kier alpha value is -2.27. The van der Waals surface area contributed by atoms with Gasteiger partial charge in [0.2, 0.25) is 0 Å². The fraction of sp³-hybridized carbons (Fsp3) is 0. The number of rotatable bonds is 2. The first-order valence-corrected chi connectivity index (χ1v) is 6.49. The Labute approximate surface area is 114 Å². The molecule has 4 nitrogen and oxygen atoms in total. The van der Waals surface area contributed by atoms with E-state index in [0.717, 1.165) is 23.1 Å². The summed E-state index contributed by atoms with van der Waals surface area (Å²) in [6.45, 7) is 0. The molecule has 1 amide bonds. The van der Waals surface area contributed by atoms with Gasteiger partial charge in [0.1, 0.15) is 11.5 Å². The lowest BCUT2D eigenvalue weighted by molar-refractivity contribution is -0.115. The van der Waals surface area contributed by atoms with Gasteiger partial charge < -0.3 is 9.73 Å². The average Bonchev–Trinajstić information content (AvgIpc) is 2.99. The maximum absolute atomic E-state index is 11.5. The third-order valence-electron chi connectivity index (χ3n) is 2.62. The minimum atomic E-state index is -0.257. The van der Waals surface area contributed by atoms with E-state index < -0.39 is 0 Å². The van der Waals surface area contributed by atoms with Gasteiger partial charge >= 0.3 is 0 Å². The van der Waals surface area contributed by atoms with Crippen molar-refractivity contribution in [2.24, 2.45) is 0 Å². The van der Waals surface area contributed by atoms with E-state index in [4.69, 9.17) is 9.83 Å². The Kier molecular flexibility index (Phi) is 2.97. The number of furan rings is 1. The second-order valence-electron chi connectivity index (χ2n) is 3.96. The molecule has 0 aliphatic carbocycles. The van der Waals surface area contributed by atoms with Crippen molar-refractivity contribution in [2.45, 2.75) is 0 Å². The molecule has 2 aromatic rings. The summed E-state index contributed by atoms with van der Waals surface area (Å²) < 4.78 is 5.67. The maximum atomic E-state index is 11.5. The third kappa shape index (κ3) is 2.46. The number of amides is 1. The van der Waals surface area contributed by atoms with Crippen LogP contribution in [0.25, 0.3) is 17.4 Å². The van der Waals surface area contributed by atoms with Gasteiger partial charge in [-0.1, -0.05) is 30.3 Å². The highest BCUT2D eigenvalue weighted by atomic mass is 32.2. The summed E-state index contributed by atoms with van der Waals surface area (Å²) >= 11 is 1.10. The monoisotopic (exact) mass is 270 g/mol. The van der Waals surface area contributed by atoms with E-state index in [2.05, 4.69) is 5.32 Å². The molecule has 19 heavy (non-hydrogen) atoms. The highest BCUT2D eigenvalue weighted by Gasteiger charge is 2.22. The highest BCUT2D eigenvalue weighted by Crippen LogP contribution is 2.28. The lowest BCUT2D eigenvalue weighted by Gasteiger charge is -1.95. The van der Waals surface area contributed by atoms with E-state index >= 15 is 0 Å². The Morgan fingerprint density at radius 1 is 1.16 bits per heavy atom. The van der Waals surface area contributed by atoms with E-state index in [9.17, 15) is 4.79 Å². The molecule has 2 heterocycles. The van der Waals surface area contributed by atoms with Crippen LogP contribution in [0.15, 0.2) is 51.8 Å². The minimum Gasteiger partial charge on any atom is -0.457 e. The second-order valence-corrected chi connectivity index (χ2v) is 5.01. The van der Waals surface area contributed by atoms with Crippen LogP contribution in [0.3, 0.4) is 0 Å². The smallest absolute Gasteiger partial charge is 0.264 e. The molecule has 0 atom stereocenters. The molecule has 0 radical (unpaired) electrons. The third-order valence-corrected chi connectivity index (χ3v) is 3.45. The summed E-state index contributed by atoms with van der Waals surface area (Å²) in [5.41, 5.74) is 0.989. The maximum Gasteiger partial charge on any atom is 0.264 e. The van der Waals surface area contributed by atoms with Crippen LogP contribution in [-0.4, -0.2) is 11.1 Å². The molecule has 1 aliphatic heterocycles. The molecule has 1 fully saturated rings. The fourth-order valence-electron chi connectivity index (χ4n) is 1.76. The van der Waals surface area contributed by atoms with E-state index in [-0.39, 0.29) is 11.1 Å². The number of amidine groups is 1. The van der Waals surface area contributed by atoms with Gasteiger partial charge in [0.05, 0.1) is 4.91 Å². The Morgan fingerprint density at radius 2 is 1.95 bits per heavy atom. The van der Waals surface area contributed by atoms with Gasteiger partial charge in [-0.3, -0.25) is 10.2 Å². The van der Waals surface area contributed by atoms with Crippen molar-refractivity contribution >= 4 is 28.9 Å². The summed E-state index contributed by atoms with van der Waals surface area (Å²) in [6, 6.07) is 13.4. The molecule has 0 saturated carbocycles. The summed E-state index contributed by atoms with van der Waals surface area (Å²) in [6.07, 6.45) is 1.65.